The normalized spacial score (nSPS) is 18.4. The van der Waals surface area contributed by atoms with Crippen molar-refractivity contribution < 1.29 is 5.21 Å². The minimum atomic E-state index is 0.895. The first-order valence-electron chi connectivity index (χ1n) is 6.18. The number of hydrogen-bond acceptors (Lipinski definition) is 3. The van der Waals surface area contributed by atoms with Crippen molar-refractivity contribution in [2.24, 2.45) is 5.16 Å². The summed E-state index contributed by atoms with van der Waals surface area (Å²) in [6.45, 7) is 2.22. The summed E-state index contributed by atoms with van der Waals surface area (Å²) in [7, 11) is 0. The Hall–Kier alpha value is -0.830. The fraction of sp³-hybridized carbons (Fsp3) is 0.615. The van der Waals surface area contributed by atoms with E-state index in [1.807, 2.05) is 11.3 Å². The Bertz CT molecular complexity index is 381. The lowest BCUT2D eigenvalue weighted by molar-refractivity contribution is 0.318. The van der Waals surface area contributed by atoms with Crippen molar-refractivity contribution in [1.82, 2.24) is 0 Å². The zero-order valence-electron chi connectivity index (χ0n) is 9.83. The maximum Gasteiger partial charge on any atom is 0.0879 e. The van der Waals surface area contributed by atoms with Gasteiger partial charge in [0.1, 0.15) is 0 Å². The number of hydrogen-bond donors (Lipinski definition) is 1. The summed E-state index contributed by atoms with van der Waals surface area (Å²) in [4.78, 5) is 2.88. The Balaban J connectivity index is 2.23. The number of thiophene rings is 1. The minimum absolute atomic E-state index is 0.895. The third-order valence-corrected chi connectivity index (χ3v) is 4.39. The fourth-order valence-corrected chi connectivity index (χ4v) is 3.48. The molecule has 88 valence electrons. The van der Waals surface area contributed by atoms with Crippen LogP contribution in [0.5, 0.6) is 0 Å². The number of oxime groups is 1. The molecule has 0 saturated carbocycles. The van der Waals surface area contributed by atoms with Gasteiger partial charge in [0.25, 0.3) is 0 Å². The molecule has 0 amide bonds. The van der Waals surface area contributed by atoms with Crippen LogP contribution in [0.25, 0.3) is 0 Å². The molecule has 0 saturated heterocycles. The van der Waals surface area contributed by atoms with Gasteiger partial charge in [0, 0.05) is 15.3 Å². The van der Waals surface area contributed by atoms with Gasteiger partial charge in [-0.15, -0.1) is 11.3 Å². The van der Waals surface area contributed by atoms with Gasteiger partial charge in [-0.05, 0) is 44.6 Å². The molecule has 0 radical (unpaired) electrons. The largest absolute Gasteiger partial charge is 0.411 e. The van der Waals surface area contributed by atoms with E-state index in [4.69, 9.17) is 5.21 Å². The van der Waals surface area contributed by atoms with E-state index in [-0.39, 0.29) is 0 Å². The molecule has 1 aliphatic carbocycles. The lowest BCUT2D eigenvalue weighted by Gasteiger charge is -1.98. The number of unbranched alkanes of at least 4 members (excludes halogenated alkanes) is 1. The number of aryl methyl sites for hydroxylation is 2. The zero-order chi connectivity index (χ0) is 11.4. The SMILES string of the molecule is CCCCc1cc2c(s1)CCCC/C2=N/O. The van der Waals surface area contributed by atoms with Crippen LogP contribution in [-0.4, -0.2) is 10.9 Å². The predicted molar refractivity (Wildman–Crippen MR) is 68.8 cm³/mol. The molecule has 1 aliphatic rings. The highest BCUT2D eigenvalue weighted by Gasteiger charge is 2.17. The van der Waals surface area contributed by atoms with Crippen LogP contribution in [0.15, 0.2) is 11.2 Å². The second-order valence-corrected chi connectivity index (χ2v) is 5.63. The van der Waals surface area contributed by atoms with Crippen molar-refractivity contribution in [3.8, 4) is 0 Å². The van der Waals surface area contributed by atoms with Crippen LogP contribution in [0.2, 0.25) is 0 Å². The average molecular weight is 237 g/mol. The summed E-state index contributed by atoms with van der Waals surface area (Å²) < 4.78 is 0. The van der Waals surface area contributed by atoms with Crippen LogP contribution in [0.4, 0.5) is 0 Å². The van der Waals surface area contributed by atoms with Crippen molar-refractivity contribution in [1.29, 1.82) is 0 Å². The van der Waals surface area contributed by atoms with Crippen LogP contribution in [0.3, 0.4) is 0 Å². The minimum Gasteiger partial charge on any atom is -0.411 e. The Morgan fingerprint density at radius 2 is 2.19 bits per heavy atom. The molecule has 0 bridgehead atoms. The molecule has 2 nitrogen and oxygen atoms in total. The third-order valence-electron chi connectivity index (χ3n) is 3.14. The Morgan fingerprint density at radius 3 is 2.94 bits per heavy atom. The lowest BCUT2D eigenvalue weighted by Crippen LogP contribution is -1.98. The predicted octanol–water partition coefficient (Wildman–Crippen LogP) is 4.00. The topological polar surface area (TPSA) is 32.6 Å². The van der Waals surface area contributed by atoms with Gasteiger partial charge < -0.3 is 5.21 Å². The maximum atomic E-state index is 9.04. The highest BCUT2D eigenvalue weighted by molar-refractivity contribution is 7.12. The van der Waals surface area contributed by atoms with Gasteiger partial charge in [0.05, 0.1) is 5.71 Å². The molecule has 0 spiro atoms. The zero-order valence-corrected chi connectivity index (χ0v) is 10.6. The summed E-state index contributed by atoms with van der Waals surface area (Å²) >= 11 is 1.92. The number of rotatable bonds is 3. The molecule has 0 atom stereocenters. The molecule has 1 N–H and O–H groups in total. The first-order valence-corrected chi connectivity index (χ1v) is 6.99. The summed E-state index contributed by atoms with van der Waals surface area (Å²) in [5.74, 6) is 0. The van der Waals surface area contributed by atoms with Crippen molar-refractivity contribution in [3.05, 3.63) is 21.4 Å². The van der Waals surface area contributed by atoms with Crippen molar-refractivity contribution in [2.75, 3.05) is 0 Å². The molecule has 0 fully saturated rings. The maximum absolute atomic E-state index is 9.04. The van der Waals surface area contributed by atoms with E-state index >= 15 is 0 Å². The Labute approximate surface area is 101 Å². The molecule has 1 heterocycles. The summed E-state index contributed by atoms with van der Waals surface area (Å²) in [6.07, 6.45) is 8.12. The number of fused-ring (bicyclic) bond motifs is 1. The monoisotopic (exact) mass is 237 g/mol. The lowest BCUT2D eigenvalue weighted by atomic mass is 10.1. The Morgan fingerprint density at radius 1 is 1.38 bits per heavy atom. The average Bonchev–Trinajstić information content (AvgIpc) is 2.61. The van der Waals surface area contributed by atoms with Gasteiger partial charge in [0.2, 0.25) is 0 Å². The number of nitrogens with zero attached hydrogens (tertiary/aromatic N) is 1. The molecule has 0 aromatic carbocycles. The van der Waals surface area contributed by atoms with Gasteiger partial charge in [-0.1, -0.05) is 18.5 Å². The molecule has 2 rings (SSSR count). The quantitative estimate of drug-likeness (QED) is 0.481. The van der Waals surface area contributed by atoms with Crippen LogP contribution >= 0.6 is 11.3 Å². The fourth-order valence-electron chi connectivity index (χ4n) is 2.20. The summed E-state index contributed by atoms with van der Waals surface area (Å²) in [5.41, 5.74) is 2.11. The molecule has 0 unspecified atom stereocenters. The molecule has 0 aliphatic heterocycles. The van der Waals surface area contributed by atoms with Crippen molar-refractivity contribution >= 4 is 17.0 Å². The first-order chi connectivity index (χ1) is 7.85. The highest BCUT2D eigenvalue weighted by Crippen LogP contribution is 2.30. The van der Waals surface area contributed by atoms with E-state index in [0.717, 1.165) is 25.0 Å². The van der Waals surface area contributed by atoms with Gasteiger partial charge in [0.15, 0.2) is 0 Å². The Kier molecular flexibility index (Phi) is 3.99. The molecule has 16 heavy (non-hydrogen) atoms. The first kappa shape index (κ1) is 11.6. The smallest absolute Gasteiger partial charge is 0.0879 e. The van der Waals surface area contributed by atoms with Crippen LogP contribution < -0.4 is 0 Å². The van der Waals surface area contributed by atoms with E-state index in [2.05, 4.69) is 18.1 Å². The van der Waals surface area contributed by atoms with Crippen LogP contribution in [-0.2, 0) is 12.8 Å². The van der Waals surface area contributed by atoms with Crippen LogP contribution in [0, 0.1) is 0 Å². The standard InChI is InChI=1S/C13H19NOS/c1-2-3-6-10-9-11-12(14-15)7-4-5-8-13(11)16-10/h9,15H,2-8H2,1H3/b14-12-. The van der Waals surface area contributed by atoms with E-state index in [0.29, 0.717) is 0 Å². The van der Waals surface area contributed by atoms with Gasteiger partial charge in [-0.3, -0.25) is 0 Å². The molecule has 1 aromatic rings. The summed E-state index contributed by atoms with van der Waals surface area (Å²) in [6, 6.07) is 2.25. The molecular formula is C13H19NOS. The van der Waals surface area contributed by atoms with Gasteiger partial charge in [-0.2, -0.15) is 0 Å². The van der Waals surface area contributed by atoms with E-state index < -0.39 is 0 Å². The van der Waals surface area contributed by atoms with Gasteiger partial charge in [-0.25, -0.2) is 0 Å². The second kappa shape index (κ2) is 5.48. The molecule has 1 aromatic heterocycles. The van der Waals surface area contributed by atoms with Gasteiger partial charge >= 0.3 is 0 Å². The second-order valence-electron chi connectivity index (χ2n) is 4.41. The van der Waals surface area contributed by atoms with E-state index in [9.17, 15) is 0 Å². The summed E-state index contributed by atoms with van der Waals surface area (Å²) in [5, 5.41) is 12.5. The highest BCUT2D eigenvalue weighted by atomic mass is 32.1. The third kappa shape index (κ3) is 2.46. The molecular weight excluding hydrogens is 218 g/mol. The van der Waals surface area contributed by atoms with E-state index in [1.165, 1.54) is 41.0 Å². The van der Waals surface area contributed by atoms with E-state index in [1.54, 1.807) is 0 Å². The van der Waals surface area contributed by atoms with Crippen molar-refractivity contribution in [3.63, 3.8) is 0 Å². The van der Waals surface area contributed by atoms with Crippen LogP contribution in [0.1, 0.15) is 54.3 Å². The molecule has 3 heteroatoms. The van der Waals surface area contributed by atoms with Crippen molar-refractivity contribution in [2.45, 2.75) is 51.9 Å².